The molecule has 3 N–H and O–H groups in total. The average molecular weight is 197 g/mol. The van der Waals surface area contributed by atoms with Crippen LogP contribution in [0.5, 0.6) is 0 Å². The van der Waals surface area contributed by atoms with Crippen LogP contribution < -0.4 is 5.73 Å². The van der Waals surface area contributed by atoms with Crippen molar-refractivity contribution < 1.29 is 9.52 Å². The van der Waals surface area contributed by atoms with Crippen molar-refractivity contribution in [3.8, 4) is 0 Å². The number of aryl methyl sites for hydroxylation is 2. The van der Waals surface area contributed by atoms with Gasteiger partial charge in [-0.15, -0.1) is 0 Å². The standard InChI is InChI=1S/C11H19NO2/c1-4-9(6-12)11(13)10-5-7(2)14-8(10)3/h5,9,11,13H,4,6,12H2,1-3H3. The lowest BCUT2D eigenvalue weighted by molar-refractivity contribution is 0.108. The van der Waals surface area contributed by atoms with Crippen molar-refractivity contribution in [1.29, 1.82) is 0 Å². The summed E-state index contributed by atoms with van der Waals surface area (Å²) in [4.78, 5) is 0. The second-order valence-corrected chi connectivity index (χ2v) is 3.72. The van der Waals surface area contributed by atoms with E-state index >= 15 is 0 Å². The molecule has 0 fully saturated rings. The third-order valence-corrected chi connectivity index (χ3v) is 2.67. The topological polar surface area (TPSA) is 59.4 Å². The van der Waals surface area contributed by atoms with Gasteiger partial charge in [0.15, 0.2) is 0 Å². The molecule has 0 amide bonds. The third-order valence-electron chi connectivity index (χ3n) is 2.67. The van der Waals surface area contributed by atoms with Gasteiger partial charge < -0.3 is 15.3 Å². The third kappa shape index (κ3) is 2.16. The molecule has 0 saturated heterocycles. The van der Waals surface area contributed by atoms with Gasteiger partial charge in [-0.2, -0.15) is 0 Å². The molecule has 80 valence electrons. The molecule has 2 atom stereocenters. The molecule has 0 bridgehead atoms. The Kier molecular flexibility index (Phi) is 3.72. The monoisotopic (exact) mass is 197 g/mol. The highest BCUT2D eigenvalue weighted by atomic mass is 16.3. The van der Waals surface area contributed by atoms with E-state index in [1.54, 1.807) is 0 Å². The molecule has 1 aromatic rings. The molecule has 0 saturated carbocycles. The molecule has 3 heteroatoms. The lowest BCUT2D eigenvalue weighted by atomic mass is 9.94. The smallest absolute Gasteiger partial charge is 0.106 e. The molecule has 0 aliphatic heterocycles. The minimum atomic E-state index is -0.498. The highest BCUT2D eigenvalue weighted by Crippen LogP contribution is 2.28. The number of rotatable bonds is 4. The maximum atomic E-state index is 10.0. The molecule has 0 spiro atoms. The quantitative estimate of drug-likeness (QED) is 0.775. The molecule has 1 aromatic heterocycles. The van der Waals surface area contributed by atoms with Crippen LogP contribution in [0.25, 0.3) is 0 Å². The van der Waals surface area contributed by atoms with E-state index in [1.807, 2.05) is 26.8 Å². The Balaban J connectivity index is 2.87. The summed E-state index contributed by atoms with van der Waals surface area (Å²) in [6.07, 6.45) is 0.379. The van der Waals surface area contributed by atoms with Crippen molar-refractivity contribution in [2.45, 2.75) is 33.3 Å². The van der Waals surface area contributed by atoms with Crippen molar-refractivity contribution in [3.63, 3.8) is 0 Å². The first-order valence-corrected chi connectivity index (χ1v) is 5.05. The van der Waals surface area contributed by atoms with Crippen LogP contribution in [0.4, 0.5) is 0 Å². The minimum Gasteiger partial charge on any atom is -0.466 e. The van der Waals surface area contributed by atoms with E-state index < -0.39 is 6.10 Å². The summed E-state index contributed by atoms with van der Waals surface area (Å²) in [5.74, 6) is 1.75. The SMILES string of the molecule is CCC(CN)C(O)c1cc(C)oc1C. The Morgan fingerprint density at radius 1 is 1.50 bits per heavy atom. The Morgan fingerprint density at radius 2 is 2.14 bits per heavy atom. The number of aliphatic hydroxyl groups excluding tert-OH is 1. The van der Waals surface area contributed by atoms with E-state index in [4.69, 9.17) is 10.2 Å². The van der Waals surface area contributed by atoms with Crippen molar-refractivity contribution in [2.24, 2.45) is 11.7 Å². The second kappa shape index (κ2) is 4.62. The summed E-state index contributed by atoms with van der Waals surface area (Å²) in [5, 5.41) is 10.0. The zero-order chi connectivity index (χ0) is 10.7. The molecule has 0 radical (unpaired) electrons. The molecule has 2 unspecified atom stereocenters. The molecule has 0 aromatic carbocycles. The highest BCUT2D eigenvalue weighted by molar-refractivity contribution is 5.23. The highest BCUT2D eigenvalue weighted by Gasteiger charge is 2.21. The van der Waals surface area contributed by atoms with Gasteiger partial charge in [-0.25, -0.2) is 0 Å². The maximum Gasteiger partial charge on any atom is 0.106 e. The van der Waals surface area contributed by atoms with Gasteiger partial charge in [0.1, 0.15) is 11.5 Å². The molecule has 14 heavy (non-hydrogen) atoms. The molecule has 1 heterocycles. The summed E-state index contributed by atoms with van der Waals surface area (Å²) in [7, 11) is 0. The van der Waals surface area contributed by atoms with Crippen LogP contribution in [0.1, 0.15) is 36.5 Å². The second-order valence-electron chi connectivity index (χ2n) is 3.72. The van der Waals surface area contributed by atoms with Gasteiger partial charge >= 0.3 is 0 Å². The molecular formula is C11H19NO2. The van der Waals surface area contributed by atoms with Gasteiger partial charge in [-0.3, -0.25) is 0 Å². The Morgan fingerprint density at radius 3 is 2.50 bits per heavy atom. The van der Waals surface area contributed by atoms with E-state index in [1.165, 1.54) is 0 Å². The van der Waals surface area contributed by atoms with Gasteiger partial charge in [0.25, 0.3) is 0 Å². The Bertz CT molecular complexity index is 289. The number of hydrogen-bond donors (Lipinski definition) is 2. The predicted molar refractivity (Wildman–Crippen MR) is 56.0 cm³/mol. The summed E-state index contributed by atoms with van der Waals surface area (Å²) >= 11 is 0. The Labute approximate surface area is 84.9 Å². The first-order valence-electron chi connectivity index (χ1n) is 5.05. The lowest BCUT2D eigenvalue weighted by Gasteiger charge is -2.19. The van der Waals surface area contributed by atoms with Crippen LogP contribution in [-0.4, -0.2) is 11.7 Å². The summed E-state index contributed by atoms with van der Waals surface area (Å²) in [6.45, 7) is 6.28. The minimum absolute atomic E-state index is 0.116. The number of hydrogen-bond acceptors (Lipinski definition) is 3. The van der Waals surface area contributed by atoms with E-state index in [-0.39, 0.29) is 5.92 Å². The van der Waals surface area contributed by atoms with E-state index in [9.17, 15) is 5.11 Å². The summed E-state index contributed by atoms with van der Waals surface area (Å²) in [6, 6.07) is 1.89. The van der Waals surface area contributed by atoms with Crippen LogP contribution in [0, 0.1) is 19.8 Å². The fourth-order valence-corrected chi connectivity index (χ4v) is 1.72. The Hall–Kier alpha value is -0.800. The van der Waals surface area contributed by atoms with Crippen LogP contribution in [0.3, 0.4) is 0 Å². The molecular weight excluding hydrogens is 178 g/mol. The lowest BCUT2D eigenvalue weighted by Crippen LogP contribution is -2.21. The average Bonchev–Trinajstić information content (AvgIpc) is 2.47. The van der Waals surface area contributed by atoms with Crippen LogP contribution >= 0.6 is 0 Å². The number of aliphatic hydroxyl groups is 1. The van der Waals surface area contributed by atoms with Crippen LogP contribution in [-0.2, 0) is 0 Å². The first-order chi connectivity index (χ1) is 6.60. The van der Waals surface area contributed by atoms with E-state index in [2.05, 4.69) is 0 Å². The molecule has 1 rings (SSSR count). The van der Waals surface area contributed by atoms with Gasteiger partial charge in [-0.1, -0.05) is 6.92 Å². The molecule has 0 aliphatic rings. The zero-order valence-electron chi connectivity index (χ0n) is 9.08. The summed E-state index contributed by atoms with van der Waals surface area (Å²) in [5.41, 5.74) is 6.46. The normalized spacial score (nSPS) is 15.5. The number of furan rings is 1. The number of nitrogens with two attached hydrogens (primary N) is 1. The van der Waals surface area contributed by atoms with E-state index in [0.717, 1.165) is 23.5 Å². The zero-order valence-corrected chi connectivity index (χ0v) is 9.08. The van der Waals surface area contributed by atoms with Gasteiger partial charge in [-0.05, 0) is 32.9 Å². The fraction of sp³-hybridized carbons (Fsp3) is 0.636. The van der Waals surface area contributed by atoms with Gasteiger partial charge in [0, 0.05) is 11.5 Å². The maximum absolute atomic E-state index is 10.0. The molecule has 3 nitrogen and oxygen atoms in total. The van der Waals surface area contributed by atoms with Crippen molar-refractivity contribution >= 4 is 0 Å². The summed E-state index contributed by atoms with van der Waals surface area (Å²) < 4.78 is 5.37. The first kappa shape index (κ1) is 11.3. The van der Waals surface area contributed by atoms with E-state index in [0.29, 0.717) is 6.54 Å². The van der Waals surface area contributed by atoms with Gasteiger partial charge in [0.05, 0.1) is 6.10 Å². The van der Waals surface area contributed by atoms with Crippen molar-refractivity contribution in [3.05, 3.63) is 23.2 Å². The van der Waals surface area contributed by atoms with Crippen molar-refractivity contribution in [1.82, 2.24) is 0 Å². The molecule has 0 aliphatic carbocycles. The fourth-order valence-electron chi connectivity index (χ4n) is 1.72. The largest absolute Gasteiger partial charge is 0.466 e. The van der Waals surface area contributed by atoms with Crippen LogP contribution in [0.2, 0.25) is 0 Å². The van der Waals surface area contributed by atoms with Gasteiger partial charge in [0.2, 0.25) is 0 Å². The van der Waals surface area contributed by atoms with Crippen LogP contribution in [0.15, 0.2) is 10.5 Å². The predicted octanol–water partition coefficient (Wildman–Crippen LogP) is 1.91. The van der Waals surface area contributed by atoms with Crippen molar-refractivity contribution in [2.75, 3.05) is 6.54 Å².